The lowest BCUT2D eigenvalue weighted by Crippen LogP contribution is -2.34. The van der Waals surface area contributed by atoms with Crippen LogP contribution in [0.1, 0.15) is 41.5 Å². The molecule has 0 radical (unpaired) electrons. The molecule has 1 aromatic carbocycles. The van der Waals surface area contributed by atoms with Crippen LogP contribution in [0.15, 0.2) is 36.7 Å². The van der Waals surface area contributed by atoms with Crippen molar-refractivity contribution < 1.29 is 0 Å². The van der Waals surface area contributed by atoms with Crippen LogP contribution in [0.4, 0.5) is 0 Å². The molecule has 126 valence electrons. The smallest absolute Gasteiger partial charge is 0.125 e. The third-order valence-corrected chi connectivity index (χ3v) is 5.88. The summed E-state index contributed by atoms with van der Waals surface area (Å²) in [5, 5.41) is 1.40. The average molecular weight is 330 g/mol. The molecule has 4 heteroatoms. The molecule has 2 unspecified atom stereocenters. The van der Waals surface area contributed by atoms with Gasteiger partial charge in [0.1, 0.15) is 5.82 Å². The van der Waals surface area contributed by atoms with Crippen molar-refractivity contribution in [3.8, 4) is 0 Å². The lowest BCUT2D eigenvalue weighted by atomic mass is 9.97. The van der Waals surface area contributed by atoms with Gasteiger partial charge in [0.15, 0.2) is 0 Å². The van der Waals surface area contributed by atoms with Gasteiger partial charge in [0, 0.05) is 53.7 Å². The minimum absolute atomic E-state index is 0.566. The zero-order valence-corrected chi connectivity index (χ0v) is 14.7. The number of aromatic nitrogens is 3. The lowest BCUT2D eigenvalue weighted by molar-refractivity contribution is 0.223. The van der Waals surface area contributed by atoms with Crippen molar-refractivity contribution in [1.82, 2.24) is 19.4 Å². The van der Waals surface area contributed by atoms with Crippen LogP contribution in [0.2, 0.25) is 0 Å². The van der Waals surface area contributed by atoms with Crippen molar-refractivity contribution in [2.45, 2.75) is 38.3 Å². The van der Waals surface area contributed by atoms with Crippen LogP contribution < -0.4 is 0 Å². The number of hydrogen-bond donors (Lipinski definition) is 0. The Morgan fingerprint density at radius 3 is 2.76 bits per heavy atom. The molecule has 1 fully saturated rings. The summed E-state index contributed by atoms with van der Waals surface area (Å²) in [6.45, 7) is 1.91. The molecule has 2 bridgehead atoms. The SMILES string of the molecule is Cc1ncc(C=Cn2c3c(c4ccccc42)C2CCC(C3)N2C)cn1. The van der Waals surface area contributed by atoms with Gasteiger partial charge in [-0.25, -0.2) is 9.97 Å². The zero-order valence-electron chi connectivity index (χ0n) is 14.7. The first-order valence-electron chi connectivity index (χ1n) is 9.03. The van der Waals surface area contributed by atoms with E-state index in [-0.39, 0.29) is 0 Å². The third-order valence-electron chi connectivity index (χ3n) is 5.88. The molecule has 2 aromatic heterocycles. The van der Waals surface area contributed by atoms with E-state index in [0.717, 1.165) is 17.8 Å². The van der Waals surface area contributed by atoms with E-state index in [1.807, 2.05) is 19.3 Å². The Morgan fingerprint density at radius 2 is 1.92 bits per heavy atom. The van der Waals surface area contributed by atoms with Crippen LogP contribution in [0.5, 0.6) is 0 Å². The molecule has 5 rings (SSSR count). The standard InChI is InChI=1S/C21H22N4/c1-14-22-12-15(13-23-14)9-10-25-18-6-4-3-5-17(18)21-19-8-7-16(24(19)2)11-20(21)25/h3-6,9-10,12-13,16,19H,7-8,11H2,1-2H3. The summed E-state index contributed by atoms with van der Waals surface area (Å²) in [6, 6.07) is 10.0. The number of nitrogens with zero attached hydrogens (tertiary/aromatic N) is 4. The molecule has 0 spiro atoms. The largest absolute Gasteiger partial charge is 0.320 e. The summed E-state index contributed by atoms with van der Waals surface area (Å²) >= 11 is 0. The molecule has 1 saturated heterocycles. The van der Waals surface area contributed by atoms with Crippen molar-refractivity contribution in [3.63, 3.8) is 0 Å². The average Bonchev–Trinajstić information content (AvgIpc) is 3.05. The van der Waals surface area contributed by atoms with Crippen molar-refractivity contribution in [3.05, 3.63) is 59.3 Å². The van der Waals surface area contributed by atoms with Gasteiger partial charge in [0.25, 0.3) is 0 Å². The molecule has 4 nitrogen and oxygen atoms in total. The fourth-order valence-corrected chi connectivity index (χ4v) is 4.57. The number of rotatable bonds is 2. The van der Waals surface area contributed by atoms with Crippen molar-refractivity contribution >= 4 is 23.2 Å². The third kappa shape index (κ3) is 2.24. The number of benzene rings is 1. The highest BCUT2D eigenvalue weighted by Crippen LogP contribution is 2.46. The Hall–Kier alpha value is -2.46. The van der Waals surface area contributed by atoms with Gasteiger partial charge in [-0.3, -0.25) is 4.90 Å². The first-order chi connectivity index (χ1) is 12.2. The van der Waals surface area contributed by atoms with Gasteiger partial charge in [-0.15, -0.1) is 0 Å². The second kappa shape index (κ2) is 5.53. The molecule has 2 atom stereocenters. The monoisotopic (exact) mass is 330 g/mol. The van der Waals surface area contributed by atoms with Crippen LogP contribution in [0, 0.1) is 6.92 Å². The zero-order chi connectivity index (χ0) is 17.0. The summed E-state index contributed by atoms with van der Waals surface area (Å²) in [6.07, 6.45) is 11.8. The molecule has 0 saturated carbocycles. The van der Waals surface area contributed by atoms with E-state index in [9.17, 15) is 0 Å². The molecular formula is C21H22N4. The van der Waals surface area contributed by atoms with Gasteiger partial charge in [0.2, 0.25) is 0 Å². The Morgan fingerprint density at radius 1 is 1.12 bits per heavy atom. The maximum Gasteiger partial charge on any atom is 0.125 e. The van der Waals surface area contributed by atoms with E-state index < -0.39 is 0 Å². The Kier molecular flexibility index (Phi) is 3.28. The second-order valence-corrected chi connectivity index (χ2v) is 7.24. The highest BCUT2D eigenvalue weighted by Gasteiger charge is 2.40. The Balaban J connectivity index is 1.66. The van der Waals surface area contributed by atoms with Crippen molar-refractivity contribution in [2.24, 2.45) is 0 Å². The van der Waals surface area contributed by atoms with E-state index in [2.05, 4.69) is 63.0 Å². The van der Waals surface area contributed by atoms with Crippen LogP contribution in [-0.4, -0.2) is 32.5 Å². The van der Waals surface area contributed by atoms with E-state index in [4.69, 9.17) is 0 Å². The van der Waals surface area contributed by atoms with Crippen LogP contribution >= 0.6 is 0 Å². The highest BCUT2D eigenvalue weighted by molar-refractivity contribution is 5.89. The van der Waals surface area contributed by atoms with E-state index >= 15 is 0 Å². The van der Waals surface area contributed by atoms with E-state index in [1.165, 1.54) is 35.0 Å². The van der Waals surface area contributed by atoms with Crippen LogP contribution in [-0.2, 0) is 6.42 Å². The number of fused-ring (bicyclic) bond motifs is 6. The molecule has 25 heavy (non-hydrogen) atoms. The van der Waals surface area contributed by atoms with Gasteiger partial charge in [0.05, 0.1) is 5.52 Å². The van der Waals surface area contributed by atoms with Gasteiger partial charge in [-0.05, 0) is 44.5 Å². The maximum atomic E-state index is 4.29. The molecule has 0 amide bonds. The number of hydrogen-bond acceptors (Lipinski definition) is 3. The Labute approximate surface area is 147 Å². The quantitative estimate of drug-likeness (QED) is 0.710. The molecule has 2 aliphatic rings. The fraction of sp³-hybridized carbons (Fsp3) is 0.333. The first kappa shape index (κ1) is 14.8. The van der Waals surface area contributed by atoms with Gasteiger partial charge in [-0.1, -0.05) is 18.2 Å². The van der Waals surface area contributed by atoms with Crippen LogP contribution in [0.25, 0.3) is 23.2 Å². The summed E-state index contributed by atoms with van der Waals surface area (Å²) < 4.78 is 2.39. The summed E-state index contributed by atoms with van der Waals surface area (Å²) in [5.41, 5.74) is 5.36. The normalized spacial score (nSPS) is 22.8. The topological polar surface area (TPSA) is 34.0 Å². The molecule has 2 aliphatic heterocycles. The van der Waals surface area contributed by atoms with Gasteiger partial charge in [-0.2, -0.15) is 0 Å². The van der Waals surface area contributed by atoms with E-state index in [0.29, 0.717) is 12.1 Å². The molecular weight excluding hydrogens is 308 g/mol. The van der Waals surface area contributed by atoms with E-state index in [1.54, 1.807) is 0 Å². The fourth-order valence-electron chi connectivity index (χ4n) is 4.57. The van der Waals surface area contributed by atoms with Crippen molar-refractivity contribution in [2.75, 3.05) is 7.05 Å². The highest BCUT2D eigenvalue weighted by atomic mass is 15.2. The predicted molar refractivity (Wildman–Crippen MR) is 101 cm³/mol. The summed E-state index contributed by atoms with van der Waals surface area (Å²) in [7, 11) is 2.29. The predicted octanol–water partition coefficient (Wildman–Crippen LogP) is 4.06. The van der Waals surface area contributed by atoms with Gasteiger partial charge < -0.3 is 4.57 Å². The minimum atomic E-state index is 0.566. The number of likely N-dealkylation sites (N-methyl/N-ethyl adjacent to an activating group) is 1. The molecule has 0 N–H and O–H groups in total. The van der Waals surface area contributed by atoms with Crippen molar-refractivity contribution in [1.29, 1.82) is 0 Å². The second-order valence-electron chi connectivity index (χ2n) is 7.24. The molecule has 3 aromatic rings. The number of para-hydroxylation sites is 1. The molecule has 0 aliphatic carbocycles. The summed E-state index contributed by atoms with van der Waals surface area (Å²) in [4.78, 5) is 11.2. The Bertz CT molecular complexity index is 967. The molecule has 4 heterocycles. The first-order valence-corrected chi connectivity index (χ1v) is 9.03. The summed E-state index contributed by atoms with van der Waals surface area (Å²) in [5.74, 6) is 0.806. The van der Waals surface area contributed by atoms with Crippen LogP contribution in [0.3, 0.4) is 0 Å². The number of aryl methyl sites for hydroxylation is 1. The maximum absolute atomic E-state index is 4.29. The van der Waals surface area contributed by atoms with Gasteiger partial charge >= 0.3 is 0 Å². The minimum Gasteiger partial charge on any atom is -0.320 e. The lowest BCUT2D eigenvalue weighted by Gasteiger charge is -2.32.